The van der Waals surface area contributed by atoms with Crippen molar-refractivity contribution in [3.8, 4) is 11.5 Å². The maximum atomic E-state index is 12.2. The average molecular weight is 375 g/mol. The van der Waals surface area contributed by atoms with E-state index in [0.29, 0.717) is 17.2 Å². The normalized spacial score (nSPS) is 10.3. The first-order valence-electron chi connectivity index (χ1n) is 7.11. The van der Waals surface area contributed by atoms with Crippen molar-refractivity contribution in [3.63, 3.8) is 0 Å². The number of anilines is 1. The van der Waals surface area contributed by atoms with Gasteiger partial charge in [0.2, 0.25) is 0 Å². The number of amides is 1. The van der Waals surface area contributed by atoms with Gasteiger partial charge >= 0.3 is 0 Å². The Hall–Kier alpha value is -2.90. The van der Waals surface area contributed by atoms with Gasteiger partial charge in [0.1, 0.15) is 16.4 Å². The number of rotatable bonds is 5. The average Bonchev–Trinajstić information content (AvgIpc) is 3.00. The number of carbonyl (C=O) groups is 1. The third-order valence-electron chi connectivity index (χ3n) is 3.18. The molecule has 0 saturated heterocycles. The van der Waals surface area contributed by atoms with Crippen LogP contribution in [0.1, 0.15) is 9.67 Å². The van der Waals surface area contributed by atoms with Crippen LogP contribution < -0.4 is 10.1 Å². The molecule has 8 heteroatoms. The molecule has 1 amide bonds. The third kappa shape index (κ3) is 4.14. The van der Waals surface area contributed by atoms with Gasteiger partial charge in [-0.15, -0.1) is 11.3 Å². The molecule has 0 spiro atoms. The third-order valence-corrected chi connectivity index (χ3v) is 4.52. The van der Waals surface area contributed by atoms with Crippen molar-refractivity contribution in [2.24, 2.45) is 0 Å². The van der Waals surface area contributed by atoms with Crippen LogP contribution in [0.5, 0.6) is 11.5 Å². The van der Waals surface area contributed by atoms with Gasteiger partial charge in [-0.2, -0.15) is 0 Å². The molecule has 2 aromatic carbocycles. The molecule has 0 saturated carbocycles. The number of hydrogen-bond donors (Lipinski definition) is 1. The van der Waals surface area contributed by atoms with E-state index in [1.165, 1.54) is 0 Å². The van der Waals surface area contributed by atoms with E-state index < -0.39 is 10.8 Å². The number of hydrogen-bond acceptors (Lipinski definition) is 5. The minimum atomic E-state index is -0.620. The van der Waals surface area contributed by atoms with Crippen molar-refractivity contribution >= 4 is 40.2 Å². The Morgan fingerprint density at radius 1 is 1.08 bits per heavy atom. The summed E-state index contributed by atoms with van der Waals surface area (Å²) >= 11 is 6.63. The second-order valence-corrected chi connectivity index (χ2v) is 6.57. The Labute approximate surface area is 151 Å². The van der Waals surface area contributed by atoms with E-state index in [1.807, 2.05) is 30.3 Å². The summed E-state index contributed by atoms with van der Waals surface area (Å²) in [7, 11) is 0. The van der Waals surface area contributed by atoms with Crippen LogP contribution in [-0.2, 0) is 0 Å². The van der Waals surface area contributed by atoms with E-state index in [-0.39, 0.29) is 14.9 Å². The number of carbonyl (C=O) groups excluding carboxylic acids is 1. The first kappa shape index (κ1) is 16.9. The summed E-state index contributed by atoms with van der Waals surface area (Å²) in [4.78, 5) is 22.5. The monoisotopic (exact) mass is 374 g/mol. The summed E-state index contributed by atoms with van der Waals surface area (Å²) in [6.45, 7) is 0. The number of para-hydroxylation sites is 1. The van der Waals surface area contributed by atoms with E-state index in [9.17, 15) is 14.9 Å². The first-order valence-corrected chi connectivity index (χ1v) is 8.30. The largest absolute Gasteiger partial charge is 0.457 e. The van der Waals surface area contributed by atoms with Crippen LogP contribution in [0.15, 0.2) is 60.7 Å². The number of nitrogens with one attached hydrogen (secondary N) is 1. The molecular formula is C17H11ClN2O4S. The molecule has 126 valence electrons. The summed E-state index contributed by atoms with van der Waals surface area (Å²) < 4.78 is 5.64. The molecule has 0 bridgehead atoms. The predicted octanol–water partition coefficient (Wildman–Crippen LogP) is 5.35. The minimum Gasteiger partial charge on any atom is -0.457 e. The smallest absolute Gasteiger partial charge is 0.299 e. The van der Waals surface area contributed by atoms with Crippen LogP contribution in [-0.4, -0.2) is 10.8 Å². The molecule has 0 atom stereocenters. The number of nitrogens with zero attached hydrogens (tertiary/aromatic N) is 1. The SMILES string of the molecule is O=C(Nc1ccc(Oc2ccccc2)cc1)c1cc([N+](=O)[O-])c(Cl)s1. The zero-order chi connectivity index (χ0) is 17.8. The first-order chi connectivity index (χ1) is 12.0. The Bertz CT molecular complexity index is 910. The number of thiophene rings is 1. The Morgan fingerprint density at radius 3 is 2.32 bits per heavy atom. The number of halogens is 1. The van der Waals surface area contributed by atoms with Crippen molar-refractivity contribution < 1.29 is 14.5 Å². The summed E-state index contributed by atoms with van der Waals surface area (Å²) in [5, 5.41) is 13.4. The van der Waals surface area contributed by atoms with E-state index in [1.54, 1.807) is 24.3 Å². The number of nitro groups is 1. The highest BCUT2D eigenvalue weighted by Gasteiger charge is 2.21. The Balaban J connectivity index is 1.68. The van der Waals surface area contributed by atoms with Crippen molar-refractivity contribution in [2.75, 3.05) is 5.32 Å². The zero-order valence-corrected chi connectivity index (χ0v) is 14.2. The second kappa shape index (κ2) is 7.33. The quantitative estimate of drug-likeness (QED) is 0.481. The summed E-state index contributed by atoms with van der Waals surface area (Å²) in [6, 6.07) is 17.3. The molecule has 1 N–H and O–H groups in total. The number of ether oxygens (including phenoxy) is 1. The molecule has 0 unspecified atom stereocenters. The molecule has 3 rings (SSSR count). The van der Waals surface area contributed by atoms with Crippen LogP contribution >= 0.6 is 22.9 Å². The van der Waals surface area contributed by atoms with Gasteiger partial charge in [0.05, 0.1) is 4.92 Å². The highest BCUT2D eigenvalue weighted by molar-refractivity contribution is 7.18. The Kier molecular flexibility index (Phi) is 4.97. The van der Waals surface area contributed by atoms with Crippen LogP contribution in [0.25, 0.3) is 0 Å². The summed E-state index contributed by atoms with van der Waals surface area (Å²) in [6.07, 6.45) is 0. The molecule has 0 fully saturated rings. The van der Waals surface area contributed by atoms with Gasteiger partial charge in [-0.1, -0.05) is 29.8 Å². The highest BCUT2D eigenvalue weighted by Crippen LogP contribution is 2.34. The lowest BCUT2D eigenvalue weighted by atomic mass is 10.3. The highest BCUT2D eigenvalue weighted by atomic mass is 35.5. The van der Waals surface area contributed by atoms with Gasteiger partial charge in [0.15, 0.2) is 4.34 Å². The lowest BCUT2D eigenvalue weighted by molar-refractivity contribution is -0.384. The molecule has 0 radical (unpaired) electrons. The molecule has 1 aromatic heterocycles. The zero-order valence-electron chi connectivity index (χ0n) is 12.6. The maximum absolute atomic E-state index is 12.2. The van der Waals surface area contributed by atoms with Gasteiger partial charge < -0.3 is 10.1 Å². The fourth-order valence-corrected chi connectivity index (χ4v) is 3.14. The van der Waals surface area contributed by atoms with E-state index in [4.69, 9.17) is 16.3 Å². The fraction of sp³-hybridized carbons (Fsp3) is 0. The summed E-state index contributed by atoms with van der Waals surface area (Å²) in [5.74, 6) is 0.871. The van der Waals surface area contributed by atoms with Gasteiger partial charge in [-0.3, -0.25) is 14.9 Å². The van der Waals surface area contributed by atoms with E-state index in [2.05, 4.69) is 5.32 Å². The van der Waals surface area contributed by atoms with Gasteiger partial charge in [-0.25, -0.2) is 0 Å². The van der Waals surface area contributed by atoms with Gasteiger partial charge in [-0.05, 0) is 36.4 Å². The van der Waals surface area contributed by atoms with Gasteiger partial charge in [0, 0.05) is 11.8 Å². The standard InChI is InChI=1S/C17H11ClN2O4S/c18-16-14(20(22)23)10-15(25-16)17(21)19-11-6-8-13(9-7-11)24-12-4-2-1-3-5-12/h1-10H,(H,19,21). The predicted molar refractivity (Wildman–Crippen MR) is 96.9 cm³/mol. The van der Waals surface area contributed by atoms with Crippen LogP contribution in [0, 0.1) is 10.1 Å². The molecule has 25 heavy (non-hydrogen) atoms. The molecule has 0 aliphatic carbocycles. The molecule has 3 aromatic rings. The van der Waals surface area contributed by atoms with Crippen molar-refractivity contribution in [1.82, 2.24) is 0 Å². The lowest BCUT2D eigenvalue weighted by Crippen LogP contribution is -2.09. The Morgan fingerprint density at radius 2 is 1.72 bits per heavy atom. The lowest BCUT2D eigenvalue weighted by Gasteiger charge is -2.07. The molecule has 0 aliphatic rings. The van der Waals surface area contributed by atoms with Crippen molar-refractivity contribution in [2.45, 2.75) is 0 Å². The second-order valence-electron chi connectivity index (χ2n) is 4.92. The van der Waals surface area contributed by atoms with Gasteiger partial charge in [0.25, 0.3) is 11.6 Å². The van der Waals surface area contributed by atoms with E-state index in [0.717, 1.165) is 17.4 Å². The van der Waals surface area contributed by atoms with Crippen LogP contribution in [0.3, 0.4) is 0 Å². The van der Waals surface area contributed by atoms with Crippen LogP contribution in [0.4, 0.5) is 11.4 Å². The van der Waals surface area contributed by atoms with E-state index >= 15 is 0 Å². The number of benzene rings is 2. The minimum absolute atomic E-state index is 0.0261. The van der Waals surface area contributed by atoms with Crippen molar-refractivity contribution in [3.05, 3.63) is 80.0 Å². The molecule has 0 aliphatic heterocycles. The van der Waals surface area contributed by atoms with Crippen molar-refractivity contribution in [1.29, 1.82) is 0 Å². The summed E-state index contributed by atoms with van der Waals surface area (Å²) in [5.41, 5.74) is 0.265. The molecule has 6 nitrogen and oxygen atoms in total. The van der Waals surface area contributed by atoms with Crippen LogP contribution in [0.2, 0.25) is 4.34 Å². The molecular weight excluding hydrogens is 364 g/mol. The molecule has 1 heterocycles. The maximum Gasteiger partial charge on any atom is 0.299 e. The topological polar surface area (TPSA) is 81.5 Å². The fourth-order valence-electron chi connectivity index (χ4n) is 2.02.